The lowest BCUT2D eigenvalue weighted by atomic mass is 9.76. The summed E-state index contributed by atoms with van der Waals surface area (Å²) in [7, 11) is 0. The van der Waals surface area contributed by atoms with Gasteiger partial charge >= 0.3 is 0 Å². The van der Waals surface area contributed by atoms with Gasteiger partial charge in [0, 0.05) is 6.42 Å². The highest BCUT2D eigenvalue weighted by molar-refractivity contribution is 6.32. The quantitative estimate of drug-likeness (QED) is 0.801. The van der Waals surface area contributed by atoms with E-state index in [4.69, 9.17) is 11.6 Å². The number of rotatable bonds is 1. The molecule has 2 aromatic rings. The number of hydrogen-bond acceptors (Lipinski definition) is 2. The van der Waals surface area contributed by atoms with Gasteiger partial charge in [-0.2, -0.15) is 5.10 Å². The molecule has 5 heteroatoms. The molecule has 0 amide bonds. The van der Waals surface area contributed by atoms with Crippen molar-refractivity contribution in [3.63, 3.8) is 0 Å². The molecule has 104 valence electrons. The molecule has 1 aromatic heterocycles. The Morgan fingerprint density at radius 3 is 2.80 bits per heavy atom. The molecular weight excluding hydrogens is 279 g/mol. The minimum Gasteiger partial charge on any atom is -0.294 e. The molecule has 1 heterocycles. The van der Waals surface area contributed by atoms with E-state index in [0.29, 0.717) is 18.4 Å². The number of hydrogen-bond donors (Lipinski definition) is 0. The number of nitrogens with zero attached hydrogens (tertiary/aromatic N) is 2. The highest BCUT2D eigenvalue weighted by Crippen LogP contribution is 2.36. The van der Waals surface area contributed by atoms with Crippen LogP contribution in [0, 0.1) is 11.2 Å². The lowest BCUT2D eigenvalue weighted by Gasteiger charge is -2.29. The fraction of sp³-hybridized carbons (Fsp3) is 0.333. The molecule has 3 rings (SSSR count). The maximum Gasteiger partial charge on any atom is 0.166 e. The van der Waals surface area contributed by atoms with Crippen LogP contribution in [0.3, 0.4) is 0 Å². The number of carbonyl (C=O) groups excluding carboxylic acids is 1. The first-order valence-electron chi connectivity index (χ1n) is 6.43. The van der Waals surface area contributed by atoms with Crippen molar-refractivity contribution in [2.24, 2.45) is 5.41 Å². The van der Waals surface area contributed by atoms with Crippen LogP contribution in [0.1, 0.15) is 36.3 Å². The SMILES string of the molecule is CC1(C)CC(=O)c2cnn(-c3c(F)cccc3Cl)c2C1. The Hall–Kier alpha value is -1.68. The number of halogens is 2. The van der Waals surface area contributed by atoms with E-state index in [9.17, 15) is 9.18 Å². The highest BCUT2D eigenvalue weighted by Gasteiger charge is 2.34. The van der Waals surface area contributed by atoms with Crippen molar-refractivity contribution in [2.75, 3.05) is 0 Å². The minimum atomic E-state index is -0.445. The predicted molar refractivity (Wildman–Crippen MR) is 75.0 cm³/mol. The maximum absolute atomic E-state index is 14.0. The van der Waals surface area contributed by atoms with E-state index in [0.717, 1.165) is 5.69 Å². The third-order valence-electron chi connectivity index (χ3n) is 3.60. The molecule has 0 N–H and O–H groups in total. The van der Waals surface area contributed by atoms with Gasteiger partial charge in [0.25, 0.3) is 0 Å². The van der Waals surface area contributed by atoms with Crippen LogP contribution in [0.2, 0.25) is 5.02 Å². The fourth-order valence-electron chi connectivity index (χ4n) is 2.71. The van der Waals surface area contributed by atoms with Gasteiger partial charge in [-0.25, -0.2) is 9.07 Å². The Morgan fingerprint density at radius 1 is 1.35 bits per heavy atom. The molecule has 20 heavy (non-hydrogen) atoms. The number of carbonyl (C=O) groups is 1. The standard InChI is InChI=1S/C15H14ClFN2O/c1-15(2)6-12-9(13(20)7-15)8-18-19(12)14-10(16)4-3-5-11(14)17/h3-5,8H,6-7H2,1-2H3. The molecule has 0 atom stereocenters. The lowest BCUT2D eigenvalue weighted by Crippen LogP contribution is -2.28. The first-order valence-corrected chi connectivity index (χ1v) is 6.81. The molecule has 1 aliphatic rings. The second-order valence-corrected chi connectivity index (χ2v) is 6.34. The summed E-state index contributed by atoms with van der Waals surface area (Å²) in [6.07, 6.45) is 2.66. The number of para-hydroxylation sites is 1. The average Bonchev–Trinajstić information content (AvgIpc) is 2.71. The summed E-state index contributed by atoms with van der Waals surface area (Å²) >= 11 is 6.09. The molecule has 0 unspecified atom stereocenters. The summed E-state index contributed by atoms with van der Waals surface area (Å²) in [4.78, 5) is 12.1. The Labute approximate surface area is 121 Å². The summed E-state index contributed by atoms with van der Waals surface area (Å²) in [5.41, 5.74) is 1.36. The van der Waals surface area contributed by atoms with Gasteiger partial charge in [-0.05, 0) is 24.0 Å². The van der Waals surface area contributed by atoms with Gasteiger partial charge < -0.3 is 0 Å². The normalized spacial score (nSPS) is 17.1. The molecule has 3 nitrogen and oxygen atoms in total. The molecule has 0 fully saturated rings. The summed E-state index contributed by atoms with van der Waals surface area (Å²) in [6, 6.07) is 4.50. The number of ketones is 1. The van der Waals surface area contributed by atoms with E-state index in [1.807, 2.05) is 13.8 Å². The third kappa shape index (κ3) is 2.04. The molecule has 0 saturated heterocycles. The Bertz CT molecular complexity index is 686. The van der Waals surface area contributed by atoms with Gasteiger partial charge in [0.1, 0.15) is 11.5 Å². The summed E-state index contributed by atoms with van der Waals surface area (Å²) in [5.74, 6) is -0.394. The third-order valence-corrected chi connectivity index (χ3v) is 3.91. The second-order valence-electron chi connectivity index (χ2n) is 5.93. The monoisotopic (exact) mass is 292 g/mol. The van der Waals surface area contributed by atoms with Gasteiger partial charge in [0.15, 0.2) is 5.78 Å². The van der Waals surface area contributed by atoms with E-state index < -0.39 is 5.82 Å². The topological polar surface area (TPSA) is 34.9 Å². The molecule has 0 saturated carbocycles. The largest absolute Gasteiger partial charge is 0.294 e. The number of aromatic nitrogens is 2. The Kier molecular flexibility index (Phi) is 2.94. The first-order chi connectivity index (χ1) is 9.39. The van der Waals surface area contributed by atoms with Crippen LogP contribution in [0.4, 0.5) is 4.39 Å². The van der Waals surface area contributed by atoms with E-state index in [2.05, 4.69) is 5.10 Å². The van der Waals surface area contributed by atoms with Crippen molar-refractivity contribution < 1.29 is 9.18 Å². The van der Waals surface area contributed by atoms with E-state index in [1.54, 1.807) is 12.1 Å². The molecule has 0 radical (unpaired) electrons. The second kappa shape index (κ2) is 4.42. The lowest BCUT2D eigenvalue weighted by molar-refractivity contribution is 0.0911. The predicted octanol–water partition coefficient (Wildman–Crippen LogP) is 3.82. The van der Waals surface area contributed by atoms with Crippen molar-refractivity contribution in [3.8, 4) is 5.69 Å². The van der Waals surface area contributed by atoms with Crippen molar-refractivity contribution in [1.82, 2.24) is 9.78 Å². The average molecular weight is 293 g/mol. The maximum atomic E-state index is 14.0. The van der Waals surface area contributed by atoms with Crippen LogP contribution in [0.25, 0.3) is 5.69 Å². The van der Waals surface area contributed by atoms with Crippen molar-refractivity contribution in [1.29, 1.82) is 0 Å². The Morgan fingerprint density at radius 2 is 2.10 bits per heavy atom. The van der Waals surface area contributed by atoms with Crippen molar-refractivity contribution in [2.45, 2.75) is 26.7 Å². The van der Waals surface area contributed by atoms with Gasteiger partial charge in [-0.1, -0.05) is 31.5 Å². The van der Waals surface area contributed by atoms with Gasteiger partial charge in [-0.3, -0.25) is 4.79 Å². The highest BCUT2D eigenvalue weighted by atomic mass is 35.5. The van der Waals surface area contributed by atoms with E-state index in [-0.39, 0.29) is 21.9 Å². The zero-order valence-electron chi connectivity index (χ0n) is 11.3. The fourth-order valence-corrected chi connectivity index (χ4v) is 2.95. The van der Waals surface area contributed by atoms with Crippen molar-refractivity contribution in [3.05, 3.63) is 46.5 Å². The van der Waals surface area contributed by atoms with E-state index in [1.165, 1.54) is 16.9 Å². The van der Waals surface area contributed by atoms with Crippen LogP contribution in [-0.2, 0) is 6.42 Å². The smallest absolute Gasteiger partial charge is 0.166 e. The van der Waals surface area contributed by atoms with Crippen LogP contribution in [0.15, 0.2) is 24.4 Å². The minimum absolute atomic E-state index is 0.0509. The zero-order valence-corrected chi connectivity index (χ0v) is 12.0. The molecule has 0 spiro atoms. The first kappa shape index (κ1) is 13.3. The van der Waals surface area contributed by atoms with Gasteiger partial charge in [-0.15, -0.1) is 0 Å². The molecule has 1 aromatic carbocycles. The van der Waals surface area contributed by atoms with Gasteiger partial charge in [0.05, 0.1) is 22.5 Å². The summed E-state index contributed by atoms with van der Waals surface area (Å²) in [6.45, 7) is 4.04. The van der Waals surface area contributed by atoms with Crippen LogP contribution < -0.4 is 0 Å². The summed E-state index contributed by atoms with van der Waals surface area (Å²) in [5, 5.41) is 4.46. The number of Topliss-reactive ketones (excluding diaryl/α,β-unsaturated/α-hetero) is 1. The van der Waals surface area contributed by atoms with E-state index >= 15 is 0 Å². The van der Waals surface area contributed by atoms with Crippen LogP contribution in [0.5, 0.6) is 0 Å². The van der Waals surface area contributed by atoms with Crippen LogP contribution >= 0.6 is 11.6 Å². The van der Waals surface area contributed by atoms with Crippen LogP contribution in [-0.4, -0.2) is 15.6 Å². The van der Waals surface area contributed by atoms with Gasteiger partial charge in [0.2, 0.25) is 0 Å². The zero-order chi connectivity index (χ0) is 14.5. The van der Waals surface area contributed by atoms with Crippen molar-refractivity contribution >= 4 is 17.4 Å². The number of fused-ring (bicyclic) bond motifs is 1. The summed E-state index contributed by atoms with van der Waals surface area (Å²) < 4.78 is 15.5. The number of benzene rings is 1. The Balaban J connectivity index is 2.21. The molecule has 1 aliphatic carbocycles. The molecular formula is C15H14ClFN2O. The molecule has 0 bridgehead atoms. The molecule has 0 aliphatic heterocycles.